The van der Waals surface area contributed by atoms with Crippen LogP contribution in [0.2, 0.25) is 0 Å². The molecule has 0 unspecified atom stereocenters. The highest BCUT2D eigenvalue weighted by Crippen LogP contribution is 2.14. The molecule has 6 heteroatoms. The highest BCUT2D eigenvalue weighted by molar-refractivity contribution is 7.89. The molecule has 0 spiro atoms. The minimum absolute atomic E-state index is 0.0189. The van der Waals surface area contributed by atoms with Gasteiger partial charge in [-0.05, 0) is 58.2 Å². The maximum atomic E-state index is 12.2. The van der Waals surface area contributed by atoms with E-state index in [1.54, 1.807) is 45.0 Å². The predicted molar refractivity (Wildman–Crippen MR) is 92.7 cm³/mol. The van der Waals surface area contributed by atoms with Crippen LogP contribution in [-0.4, -0.2) is 25.9 Å². The van der Waals surface area contributed by atoms with E-state index in [0.717, 1.165) is 12.0 Å². The van der Waals surface area contributed by atoms with Crippen molar-refractivity contribution >= 4 is 15.9 Å². The Labute approximate surface area is 139 Å². The van der Waals surface area contributed by atoms with Gasteiger partial charge in [-0.1, -0.05) is 19.1 Å². The maximum Gasteiger partial charge on any atom is 0.241 e. The summed E-state index contributed by atoms with van der Waals surface area (Å²) in [6.07, 6.45) is 1.89. The molecule has 0 bridgehead atoms. The summed E-state index contributed by atoms with van der Waals surface area (Å²) in [6.45, 7) is 9.40. The van der Waals surface area contributed by atoms with Crippen LogP contribution in [0.25, 0.3) is 0 Å². The second-order valence-corrected chi connectivity index (χ2v) is 8.56. The molecule has 1 aromatic rings. The van der Waals surface area contributed by atoms with Gasteiger partial charge in [0.1, 0.15) is 0 Å². The van der Waals surface area contributed by atoms with Gasteiger partial charge in [0, 0.05) is 18.0 Å². The van der Waals surface area contributed by atoms with Crippen molar-refractivity contribution in [2.24, 2.45) is 0 Å². The van der Waals surface area contributed by atoms with E-state index in [0.29, 0.717) is 12.8 Å². The minimum Gasteiger partial charge on any atom is -0.354 e. The normalized spacial score (nSPS) is 13.6. The van der Waals surface area contributed by atoms with Crippen LogP contribution in [0, 0.1) is 0 Å². The molecule has 0 radical (unpaired) electrons. The van der Waals surface area contributed by atoms with Gasteiger partial charge in [0.15, 0.2) is 0 Å². The summed E-state index contributed by atoms with van der Waals surface area (Å²) in [4.78, 5) is 12.0. The zero-order chi connectivity index (χ0) is 17.7. The summed E-state index contributed by atoms with van der Waals surface area (Å²) < 4.78 is 27.0. The van der Waals surface area contributed by atoms with Gasteiger partial charge in [0.25, 0.3) is 0 Å². The van der Waals surface area contributed by atoms with Gasteiger partial charge < -0.3 is 5.32 Å². The molecule has 0 saturated heterocycles. The maximum absolute atomic E-state index is 12.2. The fourth-order valence-electron chi connectivity index (χ4n) is 2.00. The Kier molecular flexibility index (Phi) is 6.77. The van der Waals surface area contributed by atoms with Gasteiger partial charge in [-0.15, -0.1) is 0 Å². The lowest BCUT2D eigenvalue weighted by atomic mass is 10.1. The minimum atomic E-state index is -3.51. The highest BCUT2D eigenvalue weighted by atomic mass is 32.2. The first-order valence-electron chi connectivity index (χ1n) is 7.96. The third kappa shape index (κ3) is 7.14. The molecular formula is C17H28N2O3S. The summed E-state index contributed by atoms with van der Waals surface area (Å²) in [7, 11) is -3.51. The highest BCUT2D eigenvalue weighted by Gasteiger charge is 2.21. The van der Waals surface area contributed by atoms with Crippen LogP contribution in [0.3, 0.4) is 0 Å². The van der Waals surface area contributed by atoms with Crippen molar-refractivity contribution in [3.63, 3.8) is 0 Å². The van der Waals surface area contributed by atoms with Crippen LogP contribution >= 0.6 is 0 Å². The Morgan fingerprint density at radius 3 is 2.22 bits per heavy atom. The molecule has 0 saturated carbocycles. The number of carbonyl (C=O) groups excluding carboxylic acids is 1. The number of sulfonamides is 1. The Bertz CT molecular complexity index is 616. The number of amides is 1. The summed E-state index contributed by atoms with van der Waals surface area (Å²) >= 11 is 0. The number of aryl methyl sites for hydroxylation is 1. The lowest BCUT2D eigenvalue weighted by Crippen LogP contribution is -2.40. The first-order chi connectivity index (χ1) is 10.5. The molecule has 0 heterocycles. The van der Waals surface area contributed by atoms with Crippen LogP contribution in [0.15, 0.2) is 29.2 Å². The number of carbonyl (C=O) groups is 1. The van der Waals surface area contributed by atoms with Gasteiger partial charge >= 0.3 is 0 Å². The van der Waals surface area contributed by atoms with Crippen molar-refractivity contribution in [1.82, 2.24) is 10.0 Å². The fraction of sp³-hybridized carbons (Fsp3) is 0.588. The monoisotopic (exact) mass is 340 g/mol. The summed E-state index contributed by atoms with van der Waals surface area (Å²) in [5.74, 6) is 0.0189. The average Bonchev–Trinajstić information content (AvgIpc) is 2.43. The molecule has 0 aliphatic rings. The van der Waals surface area contributed by atoms with Crippen LogP contribution in [0.4, 0.5) is 0 Å². The summed E-state index contributed by atoms with van der Waals surface area (Å²) in [6, 6.07) is 6.85. The van der Waals surface area contributed by atoms with E-state index in [9.17, 15) is 13.2 Å². The smallest absolute Gasteiger partial charge is 0.241 e. The summed E-state index contributed by atoms with van der Waals surface area (Å²) in [5.41, 5.74) is 0.421. The number of rotatable bonds is 7. The first kappa shape index (κ1) is 19.6. The molecule has 0 fully saturated rings. The van der Waals surface area contributed by atoms with Gasteiger partial charge in [-0.25, -0.2) is 13.1 Å². The second kappa shape index (κ2) is 7.93. The number of hydrogen-bond acceptors (Lipinski definition) is 3. The molecule has 0 aromatic heterocycles. The van der Waals surface area contributed by atoms with Crippen molar-refractivity contribution in [2.75, 3.05) is 0 Å². The van der Waals surface area contributed by atoms with Crippen molar-refractivity contribution in [3.05, 3.63) is 29.8 Å². The Balaban J connectivity index is 2.65. The van der Waals surface area contributed by atoms with Crippen molar-refractivity contribution in [1.29, 1.82) is 0 Å². The molecule has 1 amide bonds. The van der Waals surface area contributed by atoms with E-state index in [2.05, 4.69) is 10.0 Å². The molecule has 0 aliphatic carbocycles. The SMILES string of the molecule is CC[C@H](C)NC(=O)CCc1ccc(S(=O)(=O)NC(C)(C)C)cc1. The van der Waals surface area contributed by atoms with Crippen molar-refractivity contribution in [2.45, 2.75) is 70.4 Å². The molecule has 1 rings (SSSR count). The second-order valence-electron chi connectivity index (χ2n) is 6.88. The lowest BCUT2D eigenvalue weighted by molar-refractivity contribution is -0.121. The molecule has 1 aromatic carbocycles. The van der Waals surface area contributed by atoms with Crippen LogP contribution in [0.5, 0.6) is 0 Å². The van der Waals surface area contributed by atoms with Gasteiger partial charge in [-0.3, -0.25) is 4.79 Å². The first-order valence-corrected chi connectivity index (χ1v) is 9.44. The molecule has 2 N–H and O–H groups in total. The fourth-order valence-corrected chi connectivity index (χ4v) is 3.42. The molecule has 0 aliphatic heterocycles. The topological polar surface area (TPSA) is 75.3 Å². The van der Waals surface area contributed by atoms with E-state index >= 15 is 0 Å². The Hall–Kier alpha value is -1.40. The quantitative estimate of drug-likeness (QED) is 0.801. The van der Waals surface area contributed by atoms with Crippen LogP contribution in [-0.2, 0) is 21.2 Å². The number of hydrogen-bond donors (Lipinski definition) is 2. The molecule has 5 nitrogen and oxygen atoms in total. The molecule has 130 valence electrons. The van der Waals surface area contributed by atoms with Crippen molar-refractivity contribution < 1.29 is 13.2 Å². The summed E-state index contributed by atoms with van der Waals surface area (Å²) in [5, 5.41) is 2.92. The molecular weight excluding hydrogens is 312 g/mol. The number of benzene rings is 1. The van der Waals surface area contributed by atoms with Gasteiger partial charge in [-0.2, -0.15) is 0 Å². The van der Waals surface area contributed by atoms with E-state index in [1.807, 2.05) is 13.8 Å². The standard InChI is InChI=1S/C17H28N2O3S/c1-6-13(2)18-16(20)12-9-14-7-10-15(11-8-14)23(21,22)19-17(3,4)5/h7-8,10-11,13,19H,6,9,12H2,1-5H3,(H,18,20)/t13-/m0/s1. The lowest BCUT2D eigenvalue weighted by Gasteiger charge is -2.20. The predicted octanol–water partition coefficient (Wildman–Crippen LogP) is 2.61. The molecule has 1 atom stereocenters. The van der Waals surface area contributed by atoms with Gasteiger partial charge in [0.05, 0.1) is 4.90 Å². The molecule has 23 heavy (non-hydrogen) atoms. The number of nitrogens with one attached hydrogen (secondary N) is 2. The van der Waals surface area contributed by atoms with Crippen LogP contribution in [0.1, 0.15) is 53.0 Å². The van der Waals surface area contributed by atoms with E-state index in [1.165, 1.54) is 0 Å². The zero-order valence-electron chi connectivity index (χ0n) is 14.6. The van der Waals surface area contributed by atoms with Gasteiger partial charge in [0.2, 0.25) is 15.9 Å². The third-order valence-corrected chi connectivity index (χ3v) is 5.11. The Morgan fingerprint density at radius 2 is 1.74 bits per heavy atom. The van der Waals surface area contributed by atoms with E-state index < -0.39 is 15.6 Å². The van der Waals surface area contributed by atoms with Crippen molar-refractivity contribution in [3.8, 4) is 0 Å². The Morgan fingerprint density at radius 1 is 1.17 bits per heavy atom. The van der Waals surface area contributed by atoms with Crippen LogP contribution < -0.4 is 10.0 Å². The largest absolute Gasteiger partial charge is 0.354 e. The zero-order valence-corrected chi connectivity index (χ0v) is 15.5. The van der Waals surface area contributed by atoms with E-state index in [-0.39, 0.29) is 16.8 Å². The third-order valence-electron chi connectivity index (χ3n) is 3.33. The van der Waals surface area contributed by atoms with E-state index in [4.69, 9.17) is 0 Å². The average molecular weight is 340 g/mol.